The summed E-state index contributed by atoms with van der Waals surface area (Å²) in [5, 5.41) is 22.3. The highest BCUT2D eigenvalue weighted by atomic mass is 35.5. The molecule has 27 heavy (non-hydrogen) atoms. The summed E-state index contributed by atoms with van der Waals surface area (Å²) in [5.74, 6) is -0.319. The van der Waals surface area contributed by atoms with Crippen LogP contribution in [0.15, 0.2) is 36.8 Å². The van der Waals surface area contributed by atoms with Gasteiger partial charge in [0.15, 0.2) is 0 Å². The highest BCUT2D eigenvalue weighted by Crippen LogP contribution is 2.19. The Kier molecular flexibility index (Phi) is 5.17. The number of hydrogen-bond donors (Lipinski definition) is 1. The molecule has 1 amide bonds. The van der Waals surface area contributed by atoms with E-state index in [-0.39, 0.29) is 17.3 Å². The Labute approximate surface area is 158 Å². The van der Waals surface area contributed by atoms with Crippen LogP contribution in [0.25, 0.3) is 0 Å². The molecule has 0 saturated heterocycles. The van der Waals surface area contributed by atoms with Gasteiger partial charge in [-0.1, -0.05) is 29.8 Å². The van der Waals surface area contributed by atoms with Crippen LogP contribution in [0.1, 0.15) is 24.2 Å². The maximum absolute atomic E-state index is 12.4. The topological polar surface area (TPSA) is 121 Å². The third-order valence-corrected chi connectivity index (χ3v) is 4.29. The predicted octanol–water partition coefficient (Wildman–Crippen LogP) is 2.59. The van der Waals surface area contributed by atoms with Gasteiger partial charge in [0.1, 0.15) is 24.3 Å². The molecule has 0 radical (unpaired) electrons. The maximum Gasteiger partial charge on any atom is 0.309 e. The van der Waals surface area contributed by atoms with E-state index in [1.807, 2.05) is 18.2 Å². The van der Waals surface area contributed by atoms with E-state index >= 15 is 0 Å². The number of carbonyl (C=O) groups is 1. The lowest BCUT2D eigenvalue weighted by Gasteiger charge is -2.10. The smallest absolute Gasteiger partial charge is 0.291 e. The predicted molar refractivity (Wildman–Crippen MR) is 97.5 cm³/mol. The van der Waals surface area contributed by atoms with Gasteiger partial charge < -0.3 is 0 Å². The first-order valence-electron chi connectivity index (χ1n) is 7.99. The minimum absolute atomic E-state index is 0.122. The summed E-state index contributed by atoms with van der Waals surface area (Å²) >= 11 is 6.12. The van der Waals surface area contributed by atoms with Crippen molar-refractivity contribution >= 4 is 29.1 Å². The monoisotopic (exact) mass is 389 g/mol. The Morgan fingerprint density at radius 1 is 1.37 bits per heavy atom. The minimum atomic E-state index is -0.770. The summed E-state index contributed by atoms with van der Waals surface area (Å²) < 4.78 is 2.79. The third kappa shape index (κ3) is 4.11. The molecule has 1 unspecified atom stereocenters. The second-order valence-electron chi connectivity index (χ2n) is 5.86. The number of nitrogens with zero attached hydrogens (tertiary/aromatic N) is 6. The fourth-order valence-electron chi connectivity index (χ4n) is 2.41. The highest BCUT2D eigenvalue weighted by Gasteiger charge is 2.23. The normalized spacial score (nSPS) is 12.0. The van der Waals surface area contributed by atoms with Crippen LogP contribution in [-0.4, -0.2) is 35.4 Å². The molecule has 140 valence electrons. The van der Waals surface area contributed by atoms with Crippen LogP contribution in [-0.2, 0) is 11.3 Å². The standard InChI is InChI=1S/C16H16ClN7O3/c1-10-14(24(26)27)8-23(20-10)11(2)15(25)19-16-18-9-22(21-16)7-12-5-3-4-6-13(12)17/h3-6,8-9,11H,7H2,1-2H3,(H,19,21,25). The summed E-state index contributed by atoms with van der Waals surface area (Å²) in [4.78, 5) is 26.8. The van der Waals surface area contributed by atoms with E-state index in [1.165, 1.54) is 24.1 Å². The van der Waals surface area contributed by atoms with Crippen LogP contribution in [0, 0.1) is 17.0 Å². The van der Waals surface area contributed by atoms with E-state index < -0.39 is 16.9 Å². The van der Waals surface area contributed by atoms with Gasteiger partial charge >= 0.3 is 5.69 Å². The second-order valence-corrected chi connectivity index (χ2v) is 6.27. The molecule has 2 aromatic heterocycles. The van der Waals surface area contributed by atoms with Crippen LogP contribution in [0.2, 0.25) is 5.02 Å². The van der Waals surface area contributed by atoms with Gasteiger partial charge in [-0.3, -0.25) is 24.9 Å². The third-order valence-electron chi connectivity index (χ3n) is 3.93. The number of carbonyl (C=O) groups excluding carboxylic acids is 1. The molecule has 0 aliphatic carbocycles. The number of hydrogen-bond acceptors (Lipinski definition) is 6. The van der Waals surface area contributed by atoms with Crippen molar-refractivity contribution in [3.63, 3.8) is 0 Å². The van der Waals surface area contributed by atoms with Gasteiger partial charge in [-0.25, -0.2) is 9.67 Å². The first-order chi connectivity index (χ1) is 12.8. The summed E-state index contributed by atoms with van der Waals surface area (Å²) in [6.45, 7) is 3.49. The van der Waals surface area contributed by atoms with Crippen molar-refractivity contribution < 1.29 is 9.72 Å². The van der Waals surface area contributed by atoms with Gasteiger partial charge in [-0.15, -0.1) is 5.10 Å². The van der Waals surface area contributed by atoms with Crippen molar-refractivity contribution in [3.8, 4) is 0 Å². The number of benzene rings is 1. The van der Waals surface area contributed by atoms with Crippen molar-refractivity contribution in [2.75, 3.05) is 5.32 Å². The van der Waals surface area contributed by atoms with Gasteiger partial charge in [0, 0.05) is 5.02 Å². The molecule has 0 fully saturated rings. The SMILES string of the molecule is Cc1nn(C(C)C(=O)Nc2ncn(Cc3ccccc3Cl)n2)cc1[N+](=O)[O-]. The first kappa shape index (κ1) is 18.5. The van der Waals surface area contributed by atoms with E-state index in [9.17, 15) is 14.9 Å². The highest BCUT2D eigenvalue weighted by molar-refractivity contribution is 6.31. The Bertz CT molecular complexity index is 998. The van der Waals surface area contributed by atoms with E-state index in [1.54, 1.807) is 17.7 Å². The molecular formula is C16H16ClN7O3. The fraction of sp³-hybridized carbons (Fsp3) is 0.250. The molecule has 1 aromatic carbocycles. The average Bonchev–Trinajstić information content (AvgIpc) is 3.22. The molecule has 0 aliphatic heterocycles. The number of aryl methyl sites for hydroxylation is 1. The second kappa shape index (κ2) is 7.54. The van der Waals surface area contributed by atoms with Crippen LogP contribution >= 0.6 is 11.6 Å². The molecule has 3 rings (SSSR count). The largest absolute Gasteiger partial charge is 0.309 e. The quantitative estimate of drug-likeness (QED) is 0.511. The zero-order chi connectivity index (χ0) is 19.6. The molecule has 1 atom stereocenters. The number of amides is 1. The summed E-state index contributed by atoms with van der Waals surface area (Å²) in [5.41, 5.74) is 0.966. The first-order valence-corrected chi connectivity index (χ1v) is 8.37. The van der Waals surface area contributed by atoms with E-state index in [2.05, 4.69) is 20.5 Å². The van der Waals surface area contributed by atoms with E-state index in [0.717, 1.165) is 5.56 Å². The number of aromatic nitrogens is 5. The molecule has 1 N–H and O–H groups in total. The Morgan fingerprint density at radius 2 is 2.11 bits per heavy atom. The van der Waals surface area contributed by atoms with Crippen molar-refractivity contribution in [2.45, 2.75) is 26.4 Å². The van der Waals surface area contributed by atoms with E-state index in [0.29, 0.717) is 11.6 Å². The molecule has 0 spiro atoms. The van der Waals surface area contributed by atoms with Gasteiger partial charge in [-0.05, 0) is 25.5 Å². The number of rotatable bonds is 6. The molecule has 0 bridgehead atoms. The summed E-state index contributed by atoms with van der Waals surface area (Å²) in [7, 11) is 0. The van der Waals surface area contributed by atoms with Crippen molar-refractivity contribution in [3.05, 3.63) is 63.2 Å². The Morgan fingerprint density at radius 3 is 2.78 bits per heavy atom. The number of halogens is 1. The average molecular weight is 390 g/mol. The zero-order valence-electron chi connectivity index (χ0n) is 14.5. The van der Waals surface area contributed by atoms with Crippen molar-refractivity contribution in [2.24, 2.45) is 0 Å². The summed E-state index contributed by atoms with van der Waals surface area (Å²) in [6, 6.07) is 6.59. The molecule has 10 nitrogen and oxygen atoms in total. The lowest BCUT2D eigenvalue weighted by Crippen LogP contribution is -2.24. The molecule has 0 aliphatic rings. The molecule has 3 aromatic rings. The van der Waals surface area contributed by atoms with Crippen LogP contribution in [0.5, 0.6) is 0 Å². The van der Waals surface area contributed by atoms with Crippen molar-refractivity contribution in [1.82, 2.24) is 24.5 Å². The molecule has 2 heterocycles. The van der Waals surface area contributed by atoms with Gasteiger partial charge in [0.25, 0.3) is 5.91 Å². The fourth-order valence-corrected chi connectivity index (χ4v) is 2.61. The van der Waals surface area contributed by atoms with Crippen LogP contribution in [0.4, 0.5) is 11.6 Å². The Balaban J connectivity index is 1.68. The summed E-state index contributed by atoms with van der Waals surface area (Å²) in [6.07, 6.45) is 2.70. The number of nitro groups is 1. The lowest BCUT2D eigenvalue weighted by molar-refractivity contribution is -0.385. The Hall–Kier alpha value is -3.27. The maximum atomic E-state index is 12.4. The van der Waals surface area contributed by atoms with Crippen LogP contribution < -0.4 is 5.32 Å². The van der Waals surface area contributed by atoms with E-state index in [4.69, 9.17) is 11.6 Å². The molecular weight excluding hydrogens is 374 g/mol. The molecule has 11 heteroatoms. The number of anilines is 1. The number of nitrogens with one attached hydrogen (secondary N) is 1. The minimum Gasteiger partial charge on any atom is -0.291 e. The van der Waals surface area contributed by atoms with Gasteiger partial charge in [0.05, 0.1) is 11.5 Å². The zero-order valence-corrected chi connectivity index (χ0v) is 15.3. The lowest BCUT2D eigenvalue weighted by atomic mass is 10.2. The van der Waals surface area contributed by atoms with Gasteiger partial charge in [-0.2, -0.15) is 5.10 Å². The molecule has 0 saturated carbocycles. The van der Waals surface area contributed by atoms with Crippen LogP contribution in [0.3, 0.4) is 0 Å². The van der Waals surface area contributed by atoms with Gasteiger partial charge in [0.2, 0.25) is 5.95 Å². The van der Waals surface area contributed by atoms with Crippen molar-refractivity contribution in [1.29, 1.82) is 0 Å².